The van der Waals surface area contributed by atoms with E-state index in [9.17, 15) is 4.79 Å². The minimum Gasteiger partial charge on any atom is -0.454 e. The van der Waals surface area contributed by atoms with E-state index in [1.54, 1.807) is 12.1 Å². The van der Waals surface area contributed by atoms with E-state index in [1.807, 2.05) is 0 Å². The van der Waals surface area contributed by atoms with E-state index in [-0.39, 0.29) is 6.79 Å². The first kappa shape index (κ1) is 10.5. The largest absolute Gasteiger partial charge is 0.454 e. The molecule has 0 aliphatic carbocycles. The molecule has 1 aromatic carbocycles. The molecule has 4 heteroatoms. The highest BCUT2D eigenvalue weighted by Gasteiger charge is 2.15. The second kappa shape index (κ2) is 4.69. The van der Waals surface area contributed by atoms with Gasteiger partial charge in [0.15, 0.2) is 17.8 Å². The van der Waals surface area contributed by atoms with Gasteiger partial charge in [0, 0.05) is 30.2 Å². The molecule has 16 heavy (non-hydrogen) atoms. The lowest BCUT2D eigenvalue weighted by Crippen LogP contribution is -1.95. The summed E-state index contributed by atoms with van der Waals surface area (Å²) in [6, 6.07) is 3.36. The molecule has 1 aliphatic heterocycles. The van der Waals surface area contributed by atoms with E-state index < -0.39 is 0 Å². The highest BCUT2D eigenvalue weighted by Crippen LogP contribution is 2.34. The zero-order chi connectivity index (χ0) is 11.4. The van der Waals surface area contributed by atoms with Crippen molar-refractivity contribution in [3.8, 4) is 23.3 Å². The van der Waals surface area contributed by atoms with Crippen LogP contribution in [0.25, 0.3) is 0 Å². The molecule has 4 nitrogen and oxygen atoms in total. The Hall–Kier alpha value is -1.99. The van der Waals surface area contributed by atoms with Crippen LogP contribution in [0.4, 0.5) is 0 Å². The van der Waals surface area contributed by atoms with Crippen molar-refractivity contribution in [1.29, 1.82) is 0 Å². The van der Waals surface area contributed by atoms with Crippen LogP contribution in [0.2, 0.25) is 0 Å². The smallest absolute Gasteiger partial charge is 0.231 e. The molecule has 82 valence electrons. The van der Waals surface area contributed by atoms with Gasteiger partial charge >= 0.3 is 0 Å². The molecule has 0 fully saturated rings. The summed E-state index contributed by atoms with van der Waals surface area (Å²) < 4.78 is 10.4. The average Bonchev–Trinajstić information content (AvgIpc) is 2.75. The van der Waals surface area contributed by atoms with Gasteiger partial charge in [-0.3, -0.25) is 4.79 Å². The number of carbonyl (C=O) groups excluding carboxylic acids is 1. The quantitative estimate of drug-likeness (QED) is 0.591. The normalized spacial score (nSPS) is 11.8. The molecule has 2 rings (SSSR count). The second-order valence-corrected chi connectivity index (χ2v) is 3.25. The third kappa shape index (κ3) is 2.00. The maximum absolute atomic E-state index is 10.9. The van der Waals surface area contributed by atoms with Gasteiger partial charge in [-0.15, -0.1) is 0 Å². The van der Waals surface area contributed by atoms with E-state index in [2.05, 4.69) is 11.8 Å². The zero-order valence-corrected chi connectivity index (χ0v) is 8.66. The molecular weight excluding hydrogens is 206 g/mol. The van der Waals surface area contributed by atoms with Gasteiger partial charge in [0.25, 0.3) is 0 Å². The molecule has 0 radical (unpaired) electrons. The summed E-state index contributed by atoms with van der Waals surface area (Å²) >= 11 is 0. The number of rotatable bonds is 2. The summed E-state index contributed by atoms with van der Waals surface area (Å²) in [5, 5.41) is 0. The number of aldehydes is 1. The van der Waals surface area contributed by atoms with Gasteiger partial charge < -0.3 is 15.2 Å². The lowest BCUT2D eigenvalue weighted by atomic mass is 10.1. The molecule has 0 spiro atoms. The molecule has 2 N–H and O–H groups in total. The van der Waals surface area contributed by atoms with E-state index in [1.165, 1.54) is 0 Å². The number of carbonyl (C=O) groups is 1. The number of hydrogen-bond donors (Lipinski definition) is 1. The predicted octanol–water partition coefficient (Wildman–Crippen LogP) is 0.928. The van der Waals surface area contributed by atoms with Gasteiger partial charge in [-0.2, -0.15) is 0 Å². The van der Waals surface area contributed by atoms with Crippen LogP contribution in [0, 0.1) is 11.8 Å². The first-order valence-corrected chi connectivity index (χ1v) is 4.93. The van der Waals surface area contributed by atoms with Crippen molar-refractivity contribution in [2.24, 2.45) is 5.73 Å². The number of hydrogen-bond acceptors (Lipinski definition) is 4. The maximum atomic E-state index is 10.9. The third-order valence-corrected chi connectivity index (χ3v) is 2.16. The van der Waals surface area contributed by atoms with E-state index in [0.29, 0.717) is 35.6 Å². The number of nitrogens with two attached hydrogens (primary N) is 1. The SMILES string of the molecule is NCCC#Cc1cc2c(cc1C=O)OCO2. The van der Waals surface area contributed by atoms with Gasteiger partial charge in [-0.25, -0.2) is 0 Å². The topological polar surface area (TPSA) is 61.6 Å². The van der Waals surface area contributed by atoms with Crippen molar-refractivity contribution in [3.05, 3.63) is 23.3 Å². The fourth-order valence-electron chi connectivity index (χ4n) is 1.39. The van der Waals surface area contributed by atoms with Crippen molar-refractivity contribution in [1.82, 2.24) is 0 Å². The first-order valence-electron chi connectivity index (χ1n) is 4.93. The summed E-state index contributed by atoms with van der Waals surface area (Å²) in [5.74, 6) is 7.00. The van der Waals surface area contributed by atoms with E-state index >= 15 is 0 Å². The first-order chi connectivity index (χ1) is 7.85. The summed E-state index contributed by atoms with van der Waals surface area (Å²) in [6.45, 7) is 0.696. The number of ether oxygens (including phenoxy) is 2. The standard InChI is InChI=1S/C12H11NO3/c13-4-2-1-3-9-5-11-12(16-8-15-11)6-10(9)7-14/h5-7H,2,4,8,13H2. The van der Waals surface area contributed by atoms with Gasteiger partial charge in [-0.1, -0.05) is 11.8 Å². The van der Waals surface area contributed by atoms with Gasteiger partial charge in [0.05, 0.1) is 0 Å². The Morgan fingerprint density at radius 2 is 2.12 bits per heavy atom. The Balaban J connectivity index is 2.37. The minimum atomic E-state index is 0.188. The van der Waals surface area contributed by atoms with E-state index in [4.69, 9.17) is 15.2 Å². The summed E-state index contributed by atoms with van der Waals surface area (Å²) in [7, 11) is 0. The molecule has 1 aliphatic rings. The summed E-state index contributed by atoms with van der Waals surface area (Å²) in [6.07, 6.45) is 1.36. The molecule has 0 saturated heterocycles. The monoisotopic (exact) mass is 217 g/mol. The fourth-order valence-corrected chi connectivity index (χ4v) is 1.39. The van der Waals surface area contributed by atoms with Crippen molar-refractivity contribution in [2.75, 3.05) is 13.3 Å². The molecule has 1 heterocycles. The van der Waals surface area contributed by atoms with Crippen molar-refractivity contribution < 1.29 is 14.3 Å². The summed E-state index contributed by atoms with van der Waals surface area (Å²) in [5.41, 5.74) is 6.49. The zero-order valence-electron chi connectivity index (χ0n) is 8.66. The van der Waals surface area contributed by atoms with Crippen LogP contribution in [0.5, 0.6) is 11.5 Å². The molecule has 0 atom stereocenters. The molecule has 0 aromatic heterocycles. The lowest BCUT2D eigenvalue weighted by molar-refractivity contribution is 0.112. The molecular formula is C12H11NO3. The minimum absolute atomic E-state index is 0.188. The van der Waals surface area contributed by atoms with Crippen LogP contribution >= 0.6 is 0 Å². The lowest BCUT2D eigenvalue weighted by Gasteiger charge is -2.00. The van der Waals surface area contributed by atoms with Crippen LogP contribution in [0.1, 0.15) is 22.3 Å². The fraction of sp³-hybridized carbons (Fsp3) is 0.250. The van der Waals surface area contributed by atoms with Crippen LogP contribution < -0.4 is 15.2 Å². The number of fused-ring (bicyclic) bond motifs is 1. The molecule has 0 amide bonds. The maximum Gasteiger partial charge on any atom is 0.231 e. The van der Waals surface area contributed by atoms with Gasteiger partial charge in [0.2, 0.25) is 6.79 Å². The molecule has 1 aromatic rings. The van der Waals surface area contributed by atoms with Crippen molar-refractivity contribution in [2.45, 2.75) is 6.42 Å². The van der Waals surface area contributed by atoms with Crippen LogP contribution in [0.3, 0.4) is 0 Å². The summed E-state index contributed by atoms with van der Waals surface area (Å²) in [4.78, 5) is 10.9. The van der Waals surface area contributed by atoms with Crippen LogP contribution in [-0.2, 0) is 0 Å². The van der Waals surface area contributed by atoms with E-state index in [0.717, 1.165) is 6.29 Å². The Labute approximate surface area is 93.3 Å². The molecule has 0 unspecified atom stereocenters. The Morgan fingerprint density at radius 3 is 2.81 bits per heavy atom. The molecule has 0 saturated carbocycles. The Bertz CT molecular complexity index is 471. The van der Waals surface area contributed by atoms with Crippen molar-refractivity contribution >= 4 is 6.29 Å². The highest BCUT2D eigenvalue weighted by atomic mass is 16.7. The second-order valence-electron chi connectivity index (χ2n) is 3.25. The highest BCUT2D eigenvalue weighted by molar-refractivity contribution is 5.81. The predicted molar refractivity (Wildman–Crippen MR) is 58.5 cm³/mol. The van der Waals surface area contributed by atoms with Crippen LogP contribution in [-0.4, -0.2) is 19.6 Å². The average molecular weight is 217 g/mol. The van der Waals surface area contributed by atoms with Gasteiger partial charge in [0.1, 0.15) is 0 Å². The van der Waals surface area contributed by atoms with Crippen molar-refractivity contribution in [3.63, 3.8) is 0 Å². The Kier molecular flexibility index (Phi) is 3.08. The third-order valence-electron chi connectivity index (χ3n) is 2.16. The number of benzene rings is 1. The molecule has 0 bridgehead atoms. The Morgan fingerprint density at radius 1 is 1.38 bits per heavy atom. The van der Waals surface area contributed by atoms with Crippen LogP contribution in [0.15, 0.2) is 12.1 Å². The van der Waals surface area contributed by atoms with Gasteiger partial charge in [-0.05, 0) is 6.07 Å².